The molecule has 0 aliphatic carbocycles. The maximum atomic E-state index is 5.50. The zero-order valence-corrected chi connectivity index (χ0v) is 22.0. The molecule has 0 amide bonds. The van der Waals surface area contributed by atoms with Gasteiger partial charge in [0.2, 0.25) is 11.7 Å². The minimum absolute atomic E-state index is 0.115. The van der Waals surface area contributed by atoms with Gasteiger partial charge in [0.05, 0.1) is 5.75 Å². The average Bonchev–Trinajstić information content (AvgIpc) is 3.38. The predicted molar refractivity (Wildman–Crippen MR) is 145 cm³/mol. The van der Waals surface area contributed by atoms with Gasteiger partial charge in [-0.05, 0) is 47.8 Å². The first kappa shape index (κ1) is 24.5. The molecule has 0 spiro atoms. The highest BCUT2D eigenvalue weighted by atomic mass is 32.2. The molecule has 1 fully saturated rings. The fourth-order valence-electron chi connectivity index (χ4n) is 4.57. The summed E-state index contributed by atoms with van der Waals surface area (Å²) in [7, 11) is 0. The Balaban J connectivity index is 1.15. The summed E-state index contributed by atoms with van der Waals surface area (Å²) < 4.78 is 5.50. The Kier molecular flexibility index (Phi) is 7.37. The lowest BCUT2D eigenvalue weighted by atomic mass is 9.87. The van der Waals surface area contributed by atoms with E-state index >= 15 is 0 Å². The van der Waals surface area contributed by atoms with Gasteiger partial charge in [-0.2, -0.15) is 4.98 Å². The van der Waals surface area contributed by atoms with E-state index in [-0.39, 0.29) is 5.41 Å². The van der Waals surface area contributed by atoms with Gasteiger partial charge in [0.25, 0.3) is 0 Å². The molecular formula is C29H33N5OS. The molecule has 0 saturated carbocycles. The quantitative estimate of drug-likeness (QED) is 0.210. The molecule has 1 aliphatic heterocycles. The number of thioether (sulfide) groups is 1. The van der Waals surface area contributed by atoms with Crippen LogP contribution in [0.1, 0.15) is 50.6 Å². The Labute approximate surface area is 217 Å². The van der Waals surface area contributed by atoms with E-state index in [1.807, 2.05) is 12.3 Å². The monoisotopic (exact) mass is 499 g/mol. The molecule has 186 valence electrons. The molecule has 0 N–H and O–H groups in total. The van der Waals surface area contributed by atoms with Crippen molar-refractivity contribution in [3.05, 3.63) is 83.9 Å². The number of hydrogen-bond acceptors (Lipinski definition) is 7. The first-order valence-electron chi connectivity index (χ1n) is 12.6. The summed E-state index contributed by atoms with van der Waals surface area (Å²) in [6, 6.07) is 21.2. The van der Waals surface area contributed by atoms with Crippen molar-refractivity contribution in [2.75, 3.05) is 18.0 Å². The first-order chi connectivity index (χ1) is 17.4. The second-order valence-corrected chi connectivity index (χ2v) is 11.4. The van der Waals surface area contributed by atoms with E-state index < -0.39 is 0 Å². The van der Waals surface area contributed by atoms with Crippen molar-refractivity contribution < 1.29 is 4.52 Å². The smallest absolute Gasteiger partial charge is 0.237 e. The van der Waals surface area contributed by atoms with E-state index in [0.29, 0.717) is 17.5 Å². The van der Waals surface area contributed by atoms with Gasteiger partial charge in [-0.3, -0.25) is 0 Å². The van der Waals surface area contributed by atoms with Crippen LogP contribution in [0.15, 0.2) is 76.5 Å². The molecule has 0 bridgehead atoms. The average molecular weight is 500 g/mol. The summed E-state index contributed by atoms with van der Waals surface area (Å²) in [5.74, 6) is 3.45. The van der Waals surface area contributed by atoms with Crippen molar-refractivity contribution >= 4 is 17.6 Å². The van der Waals surface area contributed by atoms with E-state index in [1.165, 1.54) is 35.7 Å². The van der Waals surface area contributed by atoms with Crippen LogP contribution in [0.25, 0.3) is 11.4 Å². The van der Waals surface area contributed by atoms with Crippen LogP contribution in [-0.4, -0.2) is 33.2 Å². The van der Waals surface area contributed by atoms with Gasteiger partial charge in [0.1, 0.15) is 5.82 Å². The molecule has 2 aromatic heterocycles. The molecule has 0 unspecified atom stereocenters. The summed E-state index contributed by atoms with van der Waals surface area (Å²) in [5.41, 5.74) is 3.78. The number of hydrogen-bond donors (Lipinski definition) is 0. The maximum absolute atomic E-state index is 5.50. The minimum Gasteiger partial charge on any atom is -0.356 e. The van der Waals surface area contributed by atoms with Crippen molar-refractivity contribution in [2.45, 2.75) is 56.4 Å². The minimum atomic E-state index is 0.115. The molecule has 7 heteroatoms. The third-order valence-electron chi connectivity index (χ3n) is 6.73. The number of benzene rings is 2. The van der Waals surface area contributed by atoms with E-state index in [9.17, 15) is 0 Å². The number of aromatic nitrogens is 4. The van der Waals surface area contributed by atoms with E-state index in [2.05, 4.69) is 95.4 Å². The Morgan fingerprint density at radius 3 is 2.42 bits per heavy atom. The van der Waals surface area contributed by atoms with Crippen molar-refractivity contribution in [2.24, 2.45) is 5.92 Å². The molecule has 5 rings (SSSR count). The normalized spacial score (nSPS) is 14.8. The van der Waals surface area contributed by atoms with Gasteiger partial charge >= 0.3 is 0 Å². The lowest BCUT2D eigenvalue weighted by Gasteiger charge is -2.33. The highest BCUT2D eigenvalue weighted by Crippen LogP contribution is 2.28. The molecule has 2 aromatic carbocycles. The largest absolute Gasteiger partial charge is 0.356 e. The third-order valence-corrected chi connectivity index (χ3v) is 7.57. The van der Waals surface area contributed by atoms with Crippen molar-refractivity contribution in [3.8, 4) is 11.4 Å². The fourth-order valence-corrected chi connectivity index (χ4v) is 5.23. The topological polar surface area (TPSA) is 67.9 Å². The highest BCUT2D eigenvalue weighted by molar-refractivity contribution is 7.98. The number of anilines is 1. The van der Waals surface area contributed by atoms with Crippen LogP contribution < -0.4 is 4.90 Å². The molecule has 0 atom stereocenters. The van der Waals surface area contributed by atoms with Gasteiger partial charge in [-0.15, -0.1) is 0 Å². The summed E-state index contributed by atoms with van der Waals surface area (Å²) in [6.07, 6.45) is 5.37. The Morgan fingerprint density at radius 1 is 0.944 bits per heavy atom. The Bertz CT molecular complexity index is 1260. The van der Waals surface area contributed by atoms with Crippen LogP contribution in [0.4, 0.5) is 5.82 Å². The molecule has 0 radical (unpaired) electrons. The van der Waals surface area contributed by atoms with E-state index in [1.54, 1.807) is 0 Å². The standard InChI is InChI=1S/C29H33N5OS/c1-29(2,3)24-11-9-23(10-12-24)27-32-26(35-33-27)20-36-28-30-16-13-25(31-28)34-17-14-22(15-18-34)19-21-7-5-4-6-8-21/h4-13,16,22H,14-15,17-20H2,1-3H3. The van der Waals surface area contributed by atoms with Crippen LogP contribution >= 0.6 is 11.8 Å². The van der Waals surface area contributed by atoms with Crippen LogP contribution in [0.5, 0.6) is 0 Å². The zero-order chi connectivity index (χ0) is 25.0. The van der Waals surface area contributed by atoms with Crippen LogP contribution in [0.2, 0.25) is 0 Å². The highest BCUT2D eigenvalue weighted by Gasteiger charge is 2.21. The SMILES string of the molecule is CC(C)(C)c1ccc(-c2noc(CSc3nccc(N4CCC(Cc5ccccc5)CC4)n3)n2)cc1. The molecule has 1 aliphatic rings. The van der Waals surface area contributed by atoms with Crippen LogP contribution in [0.3, 0.4) is 0 Å². The first-order valence-corrected chi connectivity index (χ1v) is 13.6. The van der Waals surface area contributed by atoms with Gasteiger partial charge < -0.3 is 9.42 Å². The van der Waals surface area contributed by atoms with E-state index in [0.717, 1.165) is 42.0 Å². The van der Waals surface area contributed by atoms with Gasteiger partial charge in [-0.1, -0.05) is 92.3 Å². The lowest BCUT2D eigenvalue weighted by Crippen LogP contribution is -2.34. The number of rotatable bonds is 7. The van der Waals surface area contributed by atoms with Gasteiger partial charge in [-0.25, -0.2) is 9.97 Å². The van der Waals surface area contributed by atoms with Crippen LogP contribution in [-0.2, 0) is 17.6 Å². The van der Waals surface area contributed by atoms with Gasteiger partial charge in [0, 0.05) is 24.8 Å². The van der Waals surface area contributed by atoms with Crippen molar-refractivity contribution in [1.82, 2.24) is 20.1 Å². The van der Waals surface area contributed by atoms with Gasteiger partial charge in [0.15, 0.2) is 5.16 Å². The lowest BCUT2D eigenvalue weighted by molar-refractivity contribution is 0.391. The summed E-state index contributed by atoms with van der Waals surface area (Å²) in [6.45, 7) is 8.67. The Morgan fingerprint density at radius 2 is 1.69 bits per heavy atom. The van der Waals surface area contributed by atoms with Crippen molar-refractivity contribution in [1.29, 1.82) is 0 Å². The summed E-state index contributed by atoms with van der Waals surface area (Å²) >= 11 is 1.52. The molecule has 36 heavy (non-hydrogen) atoms. The second kappa shape index (κ2) is 10.8. The van der Waals surface area contributed by atoms with Crippen molar-refractivity contribution in [3.63, 3.8) is 0 Å². The molecule has 1 saturated heterocycles. The Hall–Kier alpha value is -3.19. The summed E-state index contributed by atoms with van der Waals surface area (Å²) in [5, 5.41) is 4.90. The zero-order valence-electron chi connectivity index (χ0n) is 21.2. The number of nitrogens with zero attached hydrogens (tertiary/aromatic N) is 5. The molecule has 3 heterocycles. The number of piperidine rings is 1. The summed E-state index contributed by atoms with van der Waals surface area (Å²) in [4.78, 5) is 16.2. The molecule has 6 nitrogen and oxygen atoms in total. The van der Waals surface area contributed by atoms with Crippen LogP contribution in [0, 0.1) is 5.92 Å². The second-order valence-electron chi connectivity index (χ2n) is 10.4. The van der Waals surface area contributed by atoms with E-state index in [4.69, 9.17) is 9.51 Å². The molecule has 4 aromatic rings. The fraction of sp³-hybridized carbons (Fsp3) is 0.379. The molecular weight excluding hydrogens is 466 g/mol. The predicted octanol–water partition coefficient (Wildman–Crippen LogP) is 6.58. The maximum Gasteiger partial charge on any atom is 0.237 e. The third kappa shape index (κ3) is 6.13.